The molecule has 0 bridgehead atoms. The van der Waals surface area contributed by atoms with Gasteiger partial charge in [-0.05, 0) is 24.6 Å². The van der Waals surface area contributed by atoms with E-state index in [1.54, 1.807) is 18.3 Å². The van der Waals surface area contributed by atoms with Crippen molar-refractivity contribution in [2.75, 3.05) is 12.8 Å². The molecule has 0 aliphatic carbocycles. The maximum atomic E-state index is 11.4. The van der Waals surface area contributed by atoms with Gasteiger partial charge in [0, 0.05) is 37.7 Å². The van der Waals surface area contributed by atoms with Crippen LogP contribution in [0.1, 0.15) is 24.4 Å². The van der Waals surface area contributed by atoms with E-state index in [0.717, 1.165) is 24.4 Å². The summed E-state index contributed by atoms with van der Waals surface area (Å²) in [6.45, 7) is 2.86. The van der Waals surface area contributed by atoms with Gasteiger partial charge in [0.05, 0.1) is 4.90 Å². The fourth-order valence-electron chi connectivity index (χ4n) is 1.96. The van der Waals surface area contributed by atoms with Crippen molar-refractivity contribution in [1.82, 2.24) is 15.3 Å². The molecular formula is C14H19N3O2S. The van der Waals surface area contributed by atoms with E-state index in [2.05, 4.69) is 22.2 Å². The van der Waals surface area contributed by atoms with Crippen molar-refractivity contribution in [3.8, 4) is 0 Å². The van der Waals surface area contributed by atoms with E-state index < -0.39 is 9.84 Å². The lowest BCUT2D eigenvalue weighted by Gasteiger charge is -2.14. The highest BCUT2D eigenvalue weighted by Crippen LogP contribution is 2.16. The number of nitrogens with one attached hydrogen (secondary N) is 2. The first-order valence-electron chi connectivity index (χ1n) is 6.48. The number of hydrogen-bond donors (Lipinski definition) is 2. The first-order chi connectivity index (χ1) is 9.47. The Hall–Kier alpha value is -1.66. The lowest BCUT2D eigenvalue weighted by molar-refractivity contribution is 0.570. The largest absolute Gasteiger partial charge is 0.349 e. The Morgan fingerprint density at radius 1 is 1.30 bits per heavy atom. The number of imidazole rings is 1. The smallest absolute Gasteiger partial charge is 0.175 e. The van der Waals surface area contributed by atoms with Crippen molar-refractivity contribution < 1.29 is 8.42 Å². The van der Waals surface area contributed by atoms with Gasteiger partial charge in [0.1, 0.15) is 5.82 Å². The van der Waals surface area contributed by atoms with Crippen LogP contribution in [0.15, 0.2) is 41.6 Å². The van der Waals surface area contributed by atoms with Gasteiger partial charge in [0.2, 0.25) is 0 Å². The van der Waals surface area contributed by atoms with E-state index in [4.69, 9.17) is 0 Å². The zero-order chi connectivity index (χ0) is 14.6. The van der Waals surface area contributed by atoms with E-state index >= 15 is 0 Å². The summed E-state index contributed by atoms with van der Waals surface area (Å²) in [7, 11) is -3.12. The Morgan fingerprint density at radius 3 is 2.55 bits per heavy atom. The molecule has 0 spiro atoms. The van der Waals surface area contributed by atoms with Crippen LogP contribution >= 0.6 is 0 Å². The first-order valence-corrected chi connectivity index (χ1v) is 8.37. The number of hydrogen-bond acceptors (Lipinski definition) is 4. The molecule has 0 amide bonds. The van der Waals surface area contributed by atoms with Gasteiger partial charge < -0.3 is 10.3 Å². The van der Waals surface area contributed by atoms with Crippen molar-refractivity contribution in [3.05, 3.63) is 48.0 Å². The van der Waals surface area contributed by atoms with Crippen molar-refractivity contribution in [2.45, 2.75) is 24.3 Å². The summed E-state index contributed by atoms with van der Waals surface area (Å²) in [6.07, 6.45) is 5.59. The van der Waals surface area contributed by atoms with E-state index in [0.29, 0.717) is 4.90 Å². The molecule has 1 heterocycles. The molecule has 1 atom stereocenters. The summed E-state index contributed by atoms with van der Waals surface area (Å²) in [5.74, 6) is 0.956. The predicted octanol–water partition coefficient (Wildman–Crippen LogP) is 1.71. The van der Waals surface area contributed by atoms with Crippen LogP contribution in [0.3, 0.4) is 0 Å². The molecule has 5 nitrogen and oxygen atoms in total. The van der Waals surface area contributed by atoms with Crippen LogP contribution in [0.25, 0.3) is 0 Å². The normalized spacial score (nSPS) is 13.3. The fourth-order valence-corrected chi connectivity index (χ4v) is 2.59. The van der Waals surface area contributed by atoms with E-state index in [-0.39, 0.29) is 6.04 Å². The van der Waals surface area contributed by atoms with Gasteiger partial charge in [-0.2, -0.15) is 0 Å². The molecule has 0 aliphatic heterocycles. The zero-order valence-electron chi connectivity index (χ0n) is 11.6. The van der Waals surface area contributed by atoms with Crippen LogP contribution in [0.4, 0.5) is 0 Å². The Bertz CT molecular complexity index is 634. The van der Waals surface area contributed by atoms with Crippen molar-refractivity contribution in [2.24, 2.45) is 0 Å². The van der Waals surface area contributed by atoms with E-state index in [1.807, 2.05) is 18.3 Å². The summed E-state index contributed by atoms with van der Waals surface area (Å²) >= 11 is 0. The number of benzene rings is 1. The second-order valence-electron chi connectivity index (χ2n) is 4.80. The summed E-state index contributed by atoms with van der Waals surface area (Å²) in [5.41, 5.74) is 1.07. The highest BCUT2D eigenvalue weighted by atomic mass is 32.2. The lowest BCUT2D eigenvalue weighted by Crippen LogP contribution is -2.21. The standard InChI is InChI=1S/C14H19N3O2S/c1-11(15-8-7-14-16-9-10-17-14)12-3-5-13(6-4-12)20(2,18)19/h3-6,9-11,15H,7-8H2,1-2H3,(H,16,17). The van der Waals surface area contributed by atoms with Gasteiger partial charge in [-0.1, -0.05) is 12.1 Å². The lowest BCUT2D eigenvalue weighted by atomic mass is 10.1. The Kier molecular flexibility index (Phi) is 4.57. The highest BCUT2D eigenvalue weighted by Gasteiger charge is 2.09. The number of sulfone groups is 1. The summed E-state index contributed by atoms with van der Waals surface area (Å²) in [6, 6.07) is 7.16. The van der Waals surface area contributed by atoms with Crippen molar-refractivity contribution >= 4 is 9.84 Å². The van der Waals surface area contributed by atoms with E-state index in [9.17, 15) is 8.42 Å². The summed E-state index contributed by atoms with van der Waals surface area (Å²) in [4.78, 5) is 7.57. The van der Waals surface area contributed by atoms with Gasteiger partial charge in [0.15, 0.2) is 9.84 Å². The SMILES string of the molecule is CC(NCCc1ncc[nH]1)c1ccc(S(C)(=O)=O)cc1. The van der Waals surface area contributed by atoms with Crippen LogP contribution in [0.5, 0.6) is 0 Å². The van der Waals surface area contributed by atoms with Gasteiger partial charge >= 0.3 is 0 Å². The van der Waals surface area contributed by atoms with Gasteiger partial charge in [-0.25, -0.2) is 13.4 Å². The summed E-state index contributed by atoms with van der Waals surface area (Å²) < 4.78 is 22.8. The van der Waals surface area contributed by atoms with Gasteiger partial charge in [-0.15, -0.1) is 0 Å². The van der Waals surface area contributed by atoms with Crippen LogP contribution in [-0.2, 0) is 16.3 Å². The average molecular weight is 293 g/mol. The molecule has 1 aromatic carbocycles. The first kappa shape index (κ1) is 14.7. The molecule has 2 N–H and O–H groups in total. The minimum absolute atomic E-state index is 0.165. The molecule has 2 aromatic rings. The molecule has 6 heteroatoms. The zero-order valence-corrected chi connectivity index (χ0v) is 12.4. The third-order valence-electron chi connectivity index (χ3n) is 3.18. The molecule has 2 rings (SSSR count). The molecule has 1 aromatic heterocycles. The maximum Gasteiger partial charge on any atom is 0.175 e. The van der Waals surface area contributed by atoms with Gasteiger partial charge in [0.25, 0.3) is 0 Å². The molecule has 20 heavy (non-hydrogen) atoms. The second-order valence-corrected chi connectivity index (χ2v) is 6.82. The molecular weight excluding hydrogens is 274 g/mol. The minimum Gasteiger partial charge on any atom is -0.349 e. The average Bonchev–Trinajstić information content (AvgIpc) is 2.91. The van der Waals surface area contributed by atoms with Gasteiger partial charge in [-0.3, -0.25) is 0 Å². The quantitative estimate of drug-likeness (QED) is 0.850. The number of aromatic amines is 1. The third-order valence-corrected chi connectivity index (χ3v) is 4.30. The Morgan fingerprint density at radius 2 is 2.00 bits per heavy atom. The summed E-state index contributed by atoms with van der Waals surface area (Å²) in [5, 5.41) is 3.39. The number of nitrogens with zero attached hydrogens (tertiary/aromatic N) is 1. The van der Waals surface area contributed by atoms with Crippen LogP contribution in [0, 0.1) is 0 Å². The molecule has 0 radical (unpaired) electrons. The van der Waals surface area contributed by atoms with Crippen LogP contribution < -0.4 is 5.32 Å². The maximum absolute atomic E-state index is 11.4. The molecule has 0 aliphatic rings. The number of aromatic nitrogens is 2. The van der Waals surface area contributed by atoms with E-state index in [1.165, 1.54) is 6.26 Å². The number of rotatable bonds is 6. The molecule has 108 valence electrons. The van der Waals surface area contributed by atoms with Crippen molar-refractivity contribution in [3.63, 3.8) is 0 Å². The fraction of sp³-hybridized carbons (Fsp3) is 0.357. The third kappa shape index (κ3) is 3.91. The van der Waals surface area contributed by atoms with Crippen LogP contribution in [-0.4, -0.2) is 31.2 Å². The minimum atomic E-state index is -3.12. The van der Waals surface area contributed by atoms with Crippen molar-refractivity contribution in [1.29, 1.82) is 0 Å². The Balaban J connectivity index is 1.90. The second kappa shape index (κ2) is 6.19. The Labute approximate surface area is 119 Å². The molecule has 0 saturated heterocycles. The van der Waals surface area contributed by atoms with Crippen LogP contribution in [0.2, 0.25) is 0 Å². The molecule has 0 saturated carbocycles. The topological polar surface area (TPSA) is 74.8 Å². The molecule has 0 fully saturated rings. The number of H-pyrrole nitrogens is 1. The predicted molar refractivity (Wildman–Crippen MR) is 78.3 cm³/mol. The monoisotopic (exact) mass is 293 g/mol. The highest BCUT2D eigenvalue weighted by molar-refractivity contribution is 7.90. The molecule has 1 unspecified atom stereocenters.